The van der Waals surface area contributed by atoms with Crippen LogP contribution >= 0.6 is 12.4 Å². The maximum atomic E-state index is 10.8. The normalized spacial score (nSPS) is 10.8. The van der Waals surface area contributed by atoms with Gasteiger partial charge in [-0.2, -0.15) is 0 Å². The van der Waals surface area contributed by atoms with Crippen molar-refractivity contribution in [2.75, 3.05) is 6.61 Å². The first-order chi connectivity index (χ1) is 7.27. The van der Waals surface area contributed by atoms with Gasteiger partial charge in [-0.25, -0.2) is 4.79 Å². The Kier molecular flexibility index (Phi) is 6.88. The summed E-state index contributed by atoms with van der Waals surface area (Å²) in [5, 5.41) is 7.26. The number of carbonyl (C=O) groups excluding carboxylic acids is 1. The summed E-state index contributed by atoms with van der Waals surface area (Å²) in [6, 6.07) is 9.48. The highest BCUT2D eigenvalue weighted by molar-refractivity contribution is 5.85. The van der Waals surface area contributed by atoms with Gasteiger partial charge in [0.05, 0.1) is 5.92 Å². The zero-order valence-electron chi connectivity index (χ0n) is 8.76. The van der Waals surface area contributed by atoms with Gasteiger partial charge in [0.15, 0.2) is 0 Å². The number of benzene rings is 1. The quantitative estimate of drug-likeness (QED) is 0.488. The molecule has 1 aromatic carbocycles. The van der Waals surface area contributed by atoms with Gasteiger partial charge in [-0.05, 0) is 5.56 Å². The van der Waals surface area contributed by atoms with E-state index in [4.69, 9.17) is 10.1 Å². The van der Waals surface area contributed by atoms with Gasteiger partial charge in [-0.1, -0.05) is 36.9 Å². The molecule has 1 N–H and O–H groups in total. The molecule has 0 radical (unpaired) electrons. The van der Waals surface area contributed by atoms with Gasteiger partial charge in [0.25, 0.3) is 0 Å². The Morgan fingerprint density at radius 2 is 2.06 bits per heavy atom. The lowest BCUT2D eigenvalue weighted by molar-refractivity contribution is -0.137. The monoisotopic (exact) mass is 239 g/mol. The average molecular weight is 240 g/mol. The van der Waals surface area contributed by atoms with E-state index in [9.17, 15) is 4.79 Å². The molecule has 1 atom stereocenters. The second kappa shape index (κ2) is 7.65. The number of hydrogen-bond acceptors (Lipinski definition) is 3. The predicted octanol–water partition coefficient (Wildman–Crippen LogP) is 2.57. The fourth-order valence-corrected chi connectivity index (χ4v) is 1.17. The number of halogens is 1. The molecule has 0 spiro atoms. The maximum absolute atomic E-state index is 10.8. The van der Waals surface area contributed by atoms with Crippen molar-refractivity contribution in [1.29, 1.82) is 5.41 Å². The number of rotatable bonds is 5. The molecule has 1 unspecified atom stereocenters. The van der Waals surface area contributed by atoms with Gasteiger partial charge < -0.3 is 10.1 Å². The Morgan fingerprint density at radius 1 is 1.44 bits per heavy atom. The molecular weight excluding hydrogens is 226 g/mol. The first-order valence-electron chi connectivity index (χ1n) is 4.62. The van der Waals surface area contributed by atoms with E-state index < -0.39 is 5.97 Å². The van der Waals surface area contributed by atoms with Crippen LogP contribution in [0.25, 0.3) is 0 Å². The van der Waals surface area contributed by atoms with E-state index in [1.807, 2.05) is 30.3 Å². The number of ether oxygens (including phenoxy) is 1. The second-order valence-corrected chi connectivity index (χ2v) is 3.02. The van der Waals surface area contributed by atoms with Gasteiger partial charge >= 0.3 is 5.97 Å². The van der Waals surface area contributed by atoms with Crippen LogP contribution in [0.3, 0.4) is 0 Å². The zero-order chi connectivity index (χ0) is 11.1. The highest BCUT2D eigenvalue weighted by atomic mass is 35.5. The molecule has 0 aromatic heterocycles. The van der Waals surface area contributed by atoms with E-state index in [2.05, 4.69) is 6.58 Å². The highest BCUT2D eigenvalue weighted by Gasteiger charge is 2.09. The van der Waals surface area contributed by atoms with Crippen molar-refractivity contribution in [3.05, 3.63) is 48.6 Å². The zero-order valence-corrected chi connectivity index (χ0v) is 9.57. The Labute approximate surface area is 101 Å². The molecule has 0 fully saturated rings. The van der Waals surface area contributed by atoms with Gasteiger partial charge in [0, 0.05) is 12.3 Å². The lowest BCUT2D eigenvalue weighted by Gasteiger charge is -2.11. The predicted molar refractivity (Wildman–Crippen MR) is 66.4 cm³/mol. The molecule has 0 saturated carbocycles. The standard InChI is InChI=1S/C12H13NO2.ClH/c1-2-12(14)15-9-11(8-13)10-6-4-3-5-7-10;/h2-8,11,13H,1,9H2;1H. The minimum atomic E-state index is -0.460. The fourth-order valence-electron chi connectivity index (χ4n) is 1.17. The van der Waals surface area contributed by atoms with Crippen LogP contribution in [-0.2, 0) is 9.53 Å². The third-order valence-electron chi connectivity index (χ3n) is 2.00. The molecule has 0 aliphatic heterocycles. The van der Waals surface area contributed by atoms with Gasteiger partial charge in [0.1, 0.15) is 6.61 Å². The number of carbonyl (C=O) groups is 1. The van der Waals surface area contributed by atoms with E-state index in [-0.39, 0.29) is 24.9 Å². The minimum Gasteiger partial charge on any atom is -0.461 e. The van der Waals surface area contributed by atoms with Crippen LogP contribution in [0, 0.1) is 5.41 Å². The summed E-state index contributed by atoms with van der Waals surface area (Å²) in [5.74, 6) is -0.645. The van der Waals surface area contributed by atoms with Crippen LogP contribution in [0.4, 0.5) is 0 Å². The van der Waals surface area contributed by atoms with Gasteiger partial charge in [-0.3, -0.25) is 0 Å². The Bertz CT molecular complexity index is 351. The first-order valence-corrected chi connectivity index (χ1v) is 4.62. The van der Waals surface area contributed by atoms with Gasteiger partial charge in [-0.15, -0.1) is 12.4 Å². The first kappa shape index (κ1) is 14.4. The lowest BCUT2D eigenvalue weighted by atomic mass is 10.0. The largest absolute Gasteiger partial charge is 0.461 e. The smallest absolute Gasteiger partial charge is 0.330 e. The topological polar surface area (TPSA) is 50.2 Å². The van der Waals surface area contributed by atoms with Crippen LogP contribution in [0.5, 0.6) is 0 Å². The molecule has 16 heavy (non-hydrogen) atoms. The van der Waals surface area contributed by atoms with Crippen molar-refractivity contribution in [1.82, 2.24) is 0 Å². The van der Waals surface area contributed by atoms with Crippen LogP contribution < -0.4 is 0 Å². The van der Waals surface area contributed by atoms with Crippen LogP contribution in [0.1, 0.15) is 11.5 Å². The summed E-state index contributed by atoms with van der Waals surface area (Å²) in [5.41, 5.74) is 0.962. The van der Waals surface area contributed by atoms with E-state index in [1.165, 1.54) is 6.21 Å². The molecule has 0 bridgehead atoms. The Morgan fingerprint density at radius 3 is 2.56 bits per heavy atom. The SMILES string of the molecule is C=CC(=O)OCC(C=N)c1ccccc1.Cl. The summed E-state index contributed by atoms with van der Waals surface area (Å²) in [6.45, 7) is 3.48. The molecule has 0 heterocycles. The molecule has 4 heteroatoms. The van der Waals surface area contributed by atoms with Crippen molar-refractivity contribution < 1.29 is 9.53 Å². The second-order valence-electron chi connectivity index (χ2n) is 3.02. The molecule has 1 aromatic rings. The summed E-state index contributed by atoms with van der Waals surface area (Å²) in [4.78, 5) is 10.8. The number of hydrogen-bond donors (Lipinski definition) is 1. The van der Waals surface area contributed by atoms with Crippen molar-refractivity contribution in [3.63, 3.8) is 0 Å². The van der Waals surface area contributed by atoms with Crippen molar-refractivity contribution in [3.8, 4) is 0 Å². The summed E-state index contributed by atoms with van der Waals surface area (Å²) in [7, 11) is 0. The fraction of sp³-hybridized carbons (Fsp3) is 0.167. The van der Waals surface area contributed by atoms with E-state index >= 15 is 0 Å². The molecule has 0 aliphatic carbocycles. The van der Waals surface area contributed by atoms with Crippen molar-refractivity contribution in [2.45, 2.75) is 5.92 Å². The highest BCUT2D eigenvalue weighted by Crippen LogP contribution is 2.13. The van der Waals surface area contributed by atoms with Gasteiger partial charge in [0.2, 0.25) is 0 Å². The number of nitrogens with one attached hydrogen (secondary N) is 1. The minimum absolute atomic E-state index is 0. The lowest BCUT2D eigenvalue weighted by Crippen LogP contribution is -2.12. The molecule has 3 nitrogen and oxygen atoms in total. The van der Waals surface area contributed by atoms with E-state index in [0.29, 0.717) is 0 Å². The maximum Gasteiger partial charge on any atom is 0.330 e. The molecule has 1 rings (SSSR count). The summed E-state index contributed by atoms with van der Waals surface area (Å²) < 4.78 is 4.89. The average Bonchev–Trinajstić information content (AvgIpc) is 2.31. The van der Waals surface area contributed by atoms with E-state index in [0.717, 1.165) is 11.6 Å². The van der Waals surface area contributed by atoms with Crippen LogP contribution in [0.15, 0.2) is 43.0 Å². The molecule has 0 aliphatic rings. The van der Waals surface area contributed by atoms with Crippen LogP contribution in [0.2, 0.25) is 0 Å². The van der Waals surface area contributed by atoms with Crippen molar-refractivity contribution in [2.24, 2.45) is 0 Å². The third kappa shape index (κ3) is 4.28. The third-order valence-corrected chi connectivity index (χ3v) is 2.00. The summed E-state index contributed by atoms with van der Waals surface area (Å²) in [6.07, 6.45) is 2.39. The summed E-state index contributed by atoms with van der Waals surface area (Å²) >= 11 is 0. The molecule has 86 valence electrons. The van der Waals surface area contributed by atoms with Crippen molar-refractivity contribution >= 4 is 24.6 Å². The van der Waals surface area contributed by atoms with E-state index in [1.54, 1.807) is 0 Å². The molecule has 0 amide bonds. The number of esters is 1. The molecule has 0 saturated heterocycles. The Hall–Kier alpha value is -1.61. The molecular formula is C12H14ClNO2. The Balaban J connectivity index is 0.00000225. The van der Waals surface area contributed by atoms with Crippen LogP contribution in [-0.4, -0.2) is 18.8 Å².